The van der Waals surface area contributed by atoms with Gasteiger partial charge in [0.1, 0.15) is 6.33 Å². The quantitative estimate of drug-likeness (QED) is 0.624. The van der Waals surface area contributed by atoms with Crippen LogP contribution >= 0.6 is 0 Å². The molecule has 8 heteroatoms. The Morgan fingerprint density at radius 1 is 1.44 bits per heavy atom. The van der Waals surface area contributed by atoms with Gasteiger partial charge in [0.2, 0.25) is 11.6 Å². The predicted octanol–water partition coefficient (Wildman–Crippen LogP) is 0.653. The standard InChI is InChI=1S/C10H15N5O3/c1-11-9-8(15(16)17)10(13-7-12-9)14-3-2-5-18-6-4-14/h7H,2-6H2,1H3,(H,11,12,13). The molecule has 1 N–H and O–H groups in total. The number of nitrogens with zero attached hydrogens (tertiary/aromatic N) is 4. The molecule has 0 saturated carbocycles. The SMILES string of the molecule is CNc1ncnc(N2CCCOCC2)c1[N+](=O)[O-]. The largest absolute Gasteiger partial charge is 0.380 e. The second kappa shape index (κ2) is 5.58. The number of nitro groups is 1. The summed E-state index contributed by atoms with van der Waals surface area (Å²) in [5.41, 5.74) is -0.0816. The van der Waals surface area contributed by atoms with Crippen LogP contribution in [-0.4, -0.2) is 48.2 Å². The van der Waals surface area contributed by atoms with E-state index >= 15 is 0 Å². The summed E-state index contributed by atoms with van der Waals surface area (Å²) in [5.74, 6) is 0.583. The van der Waals surface area contributed by atoms with Crippen LogP contribution in [0.2, 0.25) is 0 Å². The van der Waals surface area contributed by atoms with Crippen LogP contribution in [0.3, 0.4) is 0 Å². The van der Waals surface area contributed by atoms with E-state index in [0.717, 1.165) is 6.42 Å². The van der Waals surface area contributed by atoms with E-state index in [1.54, 1.807) is 7.05 Å². The van der Waals surface area contributed by atoms with Crippen molar-refractivity contribution in [1.82, 2.24) is 9.97 Å². The maximum atomic E-state index is 11.2. The topological polar surface area (TPSA) is 93.4 Å². The summed E-state index contributed by atoms with van der Waals surface area (Å²) in [6.07, 6.45) is 2.16. The lowest BCUT2D eigenvalue weighted by Crippen LogP contribution is -2.28. The summed E-state index contributed by atoms with van der Waals surface area (Å²) < 4.78 is 5.33. The van der Waals surface area contributed by atoms with Crippen LogP contribution in [0.5, 0.6) is 0 Å². The summed E-state index contributed by atoms with van der Waals surface area (Å²) in [4.78, 5) is 20.5. The molecule has 0 aromatic carbocycles. The van der Waals surface area contributed by atoms with Crippen LogP contribution in [0.25, 0.3) is 0 Å². The highest BCUT2D eigenvalue weighted by Gasteiger charge is 2.26. The van der Waals surface area contributed by atoms with Crippen LogP contribution < -0.4 is 10.2 Å². The fourth-order valence-electron chi connectivity index (χ4n) is 1.91. The zero-order valence-corrected chi connectivity index (χ0v) is 10.1. The smallest absolute Gasteiger partial charge is 0.353 e. The summed E-state index contributed by atoms with van der Waals surface area (Å²) in [6.45, 7) is 2.52. The predicted molar refractivity (Wildman–Crippen MR) is 65.9 cm³/mol. The first kappa shape index (κ1) is 12.5. The molecule has 18 heavy (non-hydrogen) atoms. The molecule has 0 amide bonds. The Kier molecular flexibility index (Phi) is 3.88. The van der Waals surface area contributed by atoms with Crippen molar-refractivity contribution in [3.8, 4) is 0 Å². The molecule has 1 aromatic rings. The second-order valence-corrected chi connectivity index (χ2v) is 3.85. The Morgan fingerprint density at radius 3 is 3.00 bits per heavy atom. The molecule has 0 unspecified atom stereocenters. The number of aromatic nitrogens is 2. The summed E-state index contributed by atoms with van der Waals surface area (Å²) in [5, 5.41) is 13.9. The van der Waals surface area contributed by atoms with Crippen molar-refractivity contribution in [1.29, 1.82) is 0 Å². The Bertz CT molecular complexity index is 432. The molecule has 98 valence electrons. The zero-order valence-electron chi connectivity index (χ0n) is 10.1. The highest BCUT2D eigenvalue weighted by molar-refractivity contribution is 5.70. The van der Waals surface area contributed by atoms with Gasteiger partial charge < -0.3 is 15.0 Å². The van der Waals surface area contributed by atoms with E-state index in [2.05, 4.69) is 15.3 Å². The summed E-state index contributed by atoms with van der Waals surface area (Å²) >= 11 is 0. The lowest BCUT2D eigenvalue weighted by atomic mass is 10.3. The maximum Gasteiger partial charge on any atom is 0.353 e. The number of hydrogen-bond donors (Lipinski definition) is 1. The van der Waals surface area contributed by atoms with Gasteiger partial charge in [-0.3, -0.25) is 10.1 Å². The molecule has 2 heterocycles. The molecule has 0 spiro atoms. The average Bonchev–Trinajstić information content (AvgIpc) is 2.66. The van der Waals surface area contributed by atoms with E-state index in [-0.39, 0.29) is 11.5 Å². The minimum absolute atomic E-state index is 0.0816. The van der Waals surface area contributed by atoms with Crippen LogP contribution in [0.15, 0.2) is 6.33 Å². The Morgan fingerprint density at radius 2 is 2.28 bits per heavy atom. The molecule has 1 aliphatic heterocycles. The van der Waals surface area contributed by atoms with Crippen LogP contribution in [0.1, 0.15) is 6.42 Å². The lowest BCUT2D eigenvalue weighted by Gasteiger charge is -2.20. The van der Waals surface area contributed by atoms with Crippen LogP contribution in [-0.2, 0) is 4.74 Å². The van der Waals surface area contributed by atoms with E-state index < -0.39 is 4.92 Å². The molecule has 2 rings (SSSR count). The number of anilines is 2. The van der Waals surface area contributed by atoms with Gasteiger partial charge in [-0.2, -0.15) is 0 Å². The van der Waals surface area contributed by atoms with Gasteiger partial charge in [-0.25, -0.2) is 9.97 Å². The normalized spacial score (nSPS) is 16.2. The van der Waals surface area contributed by atoms with E-state index in [9.17, 15) is 10.1 Å². The van der Waals surface area contributed by atoms with Gasteiger partial charge >= 0.3 is 5.69 Å². The molecular formula is C10H15N5O3. The molecule has 0 atom stereocenters. The third-order valence-corrected chi connectivity index (χ3v) is 2.74. The molecule has 0 bridgehead atoms. The van der Waals surface area contributed by atoms with Crippen molar-refractivity contribution in [2.24, 2.45) is 0 Å². The van der Waals surface area contributed by atoms with Crippen LogP contribution in [0.4, 0.5) is 17.3 Å². The van der Waals surface area contributed by atoms with Gasteiger partial charge in [0.05, 0.1) is 11.5 Å². The van der Waals surface area contributed by atoms with Gasteiger partial charge in [0.25, 0.3) is 0 Å². The third-order valence-electron chi connectivity index (χ3n) is 2.74. The first-order chi connectivity index (χ1) is 8.74. The van der Waals surface area contributed by atoms with Crippen LogP contribution in [0, 0.1) is 10.1 Å². The average molecular weight is 253 g/mol. The minimum atomic E-state index is -0.451. The molecule has 1 aromatic heterocycles. The van der Waals surface area contributed by atoms with Gasteiger partial charge in [0.15, 0.2) is 0 Å². The van der Waals surface area contributed by atoms with E-state index in [1.165, 1.54) is 6.33 Å². The van der Waals surface area contributed by atoms with E-state index in [0.29, 0.717) is 32.1 Å². The Labute approximate surface area is 104 Å². The summed E-state index contributed by atoms with van der Waals surface area (Å²) in [7, 11) is 1.60. The fourth-order valence-corrected chi connectivity index (χ4v) is 1.91. The van der Waals surface area contributed by atoms with Crippen molar-refractivity contribution >= 4 is 17.3 Å². The van der Waals surface area contributed by atoms with E-state index in [4.69, 9.17) is 4.74 Å². The second-order valence-electron chi connectivity index (χ2n) is 3.85. The van der Waals surface area contributed by atoms with Gasteiger partial charge in [0, 0.05) is 26.7 Å². The van der Waals surface area contributed by atoms with Gasteiger partial charge in [-0.1, -0.05) is 0 Å². The monoisotopic (exact) mass is 253 g/mol. The highest BCUT2D eigenvalue weighted by atomic mass is 16.6. The van der Waals surface area contributed by atoms with Crippen molar-refractivity contribution in [2.75, 3.05) is 43.6 Å². The molecule has 8 nitrogen and oxygen atoms in total. The molecule has 1 fully saturated rings. The first-order valence-electron chi connectivity index (χ1n) is 5.74. The third kappa shape index (κ3) is 2.48. The van der Waals surface area contributed by atoms with Gasteiger partial charge in [-0.15, -0.1) is 0 Å². The minimum Gasteiger partial charge on any atom is -0.380 e. The van der Waals surface area contributed by atoms with Crippen molar-refractivity contribution in [2.45, 2.75) is 6.42 Å². The van der Waals surface area contributed by atoms with Crippen molar-refractivity contribution < 1.29 is 9.66 Å². The molecule has 1 saturated heterocycles. The number of nitrogens with one attached hydrogen (secondary N) is 1. The van der Waals surface area contributed by atoms with E-state index in [1.807, 2.05) is 4.90 Å². The lowest BCUT2D eigenvalue weighted by molar-refractivity contribution is -0.383. The Hall–Kier alpha value is -1.96. The highest BCUT2D eigenvalue weighted by Crippen LogP contribution is 2.31. The number of ether oxygens (including phenoxy) is 1. The molecular weight excluding hydrogens is 238 g/mol. The van der Waals surface area contributed by atoms with Gasteiger partial charge in [-0.05, 0) is 6.42 Å². The Balaban J connectivity index is 2.38. The molecule has 0 aliphatic carbocycles. The number of rotatable bonds is 3. The maximum absolute atomic E-state index is 11.2. The molecule has 1 aliphatic rings. The van der Waals surface area contributed by atoms with Crippen molar-refractivity contribution in [3.63, 3.8) is 0 Å². The first-order valence-corrected chi connectivity index (χ1v) is 5.74. The molecule has 0 radical (unpaired) electrons. The summed E-state index contributed by atoms with van der Waals surface area (Å²) in [6, 6.07) is 0. The zero-order chi connectivity index (χ0) is 13.0. The number of hydrogen-bond acceptors (Lipinski definition) is 7. The fraction of sp³-hybridized carbons (Fsp3) is 0.600. The van der Waals surface area contributed by atoms with Crippen molar-refractivity contribution in [3.05, 3.63) is 16.4 Å².